The largest absolute Gasteiger partial charge is 0.488 e. The highest BCUT2D eigenvalue weighted by atomic mass is 79.9. The van der Waals surface area contributed by atoms with Crippen LogP contribution in [0.2, 0.25) is 0 Å². The zero-order valence-corrected chi connectivity index (χ0v) is 14.0. The van der Waals surface area contributed by atoms with Crippen LogP contribution >= 0.6 is 15.9 Å². The Morgan fingerprint density at radius 2 is 2.38 bits per heavy atom. The van der Waals surface area contributed by atoms with Gasteiger partial charge in [-0.2, -0.15) is 0 Å². The highest BCUT2D eigenvalue weighted by Gasteiger charge is 2.24. The molecule has 1 amide bonds. The number of fused-ring (bicyclic) bond motifs is 1. The van der Waals surface area contributed by atoms with E-state index in [1.807, 2.05) is 6.92 Å². The monoisotopic (exact) mass is 351 g/mol. The average Bonchev–Trinajstić information content (AvgIpc) is 2.86. The lowest BCUT2D eigenvalue weighted by molar-refractivity contribution is -0.120. The van der Waals surface area contributed by atoms with E-state index in [0.717, 1.165) is 36.0 Å². The lowest BCUT2D eigenvalue weighted by Crippen LogP contribution is -2.24. The molecule has 0 heterocycles. The van der Waals surface area contributed by atoms with E-state index in [-0.39, 0.29) is 5.91 Å². The number of hydrogen-bond donors (Lipinski definition) is 1. The molecule has 114 valence electrons. The SMILES string of the molecule is C=CCOc1cc2c(cc1Br)CC[C@H]2CCNC(=O)CC. The van der Waals surface area contributed by atoms with Crippen molar-refractivity contribution >= 4 is 21.8 Å². The molecule has 0 aliphatic heterocycles. The Morgan fingerprint density at radius 1 is 1.57 bits per heavy atom. The van der Waals surface area contributed by atoms with Crippen molar-refractivity contribution in [2.24, 2.45) is 0 Å². The first kappa shape index (κ1) is 16.1. The fourth-order valence-electron chi connectivity index (χ4n) is 2.76. The summed E-state index contributed by atoms with van der Waals surface area (Å²) >= 11 is 3.56. The van der Waals surface area contributed by atoms with E-state index in [1.165, 1.54) is 11.1 Å². The van der Waals surface area contributed by atoms with Crippen molar-refractivity contribution in [2.45, 2.75) is 38.5 Å². The van der Waals surface area contributed by atoms with Crippen LogP contribution in [0, 0.1) is 0 Å². The molecule has 0 aromatic heterocycles. The second kappa shape index (κ2) is 7.64. The summed E-state index contributed by atoms with van der Waals surface area (Å²) in [6.45, 7) is 6.81. The second-order valence-electron chi connectivity index (χ2n) is 5.31. The molecular formula is C17H22BrNO2. The van der Waals surface area contributed by atoms with Crippen LogP contribution in [-0.2, 0) is 11.2 Å². The normalized spacial score (nSPS) is 16.4. The summed E-state index contributed by atoms with van der Waals surface area (Å²) in [5.74, 6) is 1.51. The first-order chi connectivity index (χ1) is 10.2. The molecule has 0 saturated carbocycles. The number of rotatable bonds is 7. The van der Waals surface area contributed by atoms with Crippen molar-refractivity contribution < 1.29 is 9.53 Å². The Bertz CT molecular complexity index is 528. The summed E-state index contributed by atoms with van der Waals surface area (Å²) < 4.78 is 6.69. The van der Waals surface area contributed by atoms with Crippen LogP contribution in [0.1, 0.15) is 43.2 Å². The van der Waals surface area contributed by atoms with Crippen LogP contribution in [0.15, 0.2) is 29.3 Å². The minimum atomic E-state index is 0.124. The molecule has 2 rings (SSSR count). The van der Waals surface area contributed by atoms with E-state index in [4.69, 9.17) is 4.74 Å². The van der Waals surface area contributed by atoms with Gasteiger partial charge in [-0.1, -0.05) is 19.6 Å². The Hall–Kier alpha value is -1.29. The van der Waals surface area contributed by atoms with E-state index >= 15 is 0 Å². The van der Waals surface area contributed by atoms with Gasteiger partial charge < -0.3 is 10.1 Å². The smallest absolute Gasteiger partial charge is 0.219 e. The minimum absolute atomic E-state index is 0.124. The van der Waals surface area contributed by atoms with Crippen LogP contribution in [0.4, 0.5) is 0 Å². The van der Waals surface area contributed by atoms with Gasteiger partial charge in [-0.25, -0.2) is 0 Å². The van der Waals surface area contributed by atoms with Crippen molar-refractivity contribution in [1.29, 1.82) is 0 Å². The van der Waals surface area contributed by atoms with Gasteiger partial charge in [0.15, 0.2) is 0 Å². The molecular weight excluding hydrogens is 330 g/mol. The first-order valence-electron chi connectivity index (χ1n) is 7.48. The summed E-state index contributed by atoms with van der Waals surface area (Å²) in [4.78, 5) is 11.3. The highest BCUT2D eigenvalue weighted by Crippen LogP contribution is 2.40. The lowest BCUT2D eigenvalue weighted by atomic mass is 9.97. The van der Waals surface area contributed by atoms with Gasteiger partial charge in [-0.15, -0.1) is 0 Å². The van der Waals surface area contributed by atoms with Crippen LogP contribution in [0.3, 0.4) is 0 Å². The van der Waals surface area contributed by atoms with Crippen molar-refractivity contribution in [3.8, 4) is 5.75 Å². The maximum absolute atomic E-state index is 11.3. The number of carbonyl (C=O) groups excluding carboxylic acids is 1. The van der Waals surface area contributed by atoms with Crippen molar-refractivity contribution in [3.63, 3.8) is 0 Å². The molecule has 1 N–H and O–H groups in total. The molecule has 3 nitrogen and oxygen atoms in total. The fourth-order valence-corrected chi connectivity index (χ4v) is 3.27. The third kappa shape index (κ3) is 4.10. The van der Waals surface area contributed by atoms with Crippen LogP contribution in [0.25, 0.3) is 0 Å². The van der Waals surface area contributed by atoms with Gasteiger partial charge in [0.05, 0.1) is 4.47 Å². The van der Waals surface area contributed by atoms with Gasteiger partial charge in [0.25, 0.3) is 0 Å². The number of aryl methyl sites for hydroxylation is 1. The van der Waals surface area contributed by atoms with Crippen LogP contribution in [0.5, 0.6) is 5.75 Å². The number of amides is 1. The molecule has 0 unspecified atom stereocenters. The van der Waals surface area contributed by atoms with Crippen molar-refractivity contribution in [3.05, 3.63) is 40.4 Å². The van der Waals surface area contributed by atoms with E-state index in [0.29, 0.717) is 18.9 Å². The van der Waals surface area contributed by atoms with Gasteiger partial charge in [-0.3, -0.25) is 4.79 Å². The Labute approximate surface area is 134 Å². The van der Waals surface area contributed by atoms with E-state index in [1.54, 1.807) is 6.08 Å². The van der Waals surface area contributed by atoms with Gasteiger partial charge in [0.2, 0.25) is 5.91 Å². The van der Waals surface area contributed by atoms with Gasteiger partial charge in [-0.05, 0) is 64.4 Å². The number of halogens is 1. The summed E-state index contributed by atoms with van der Waals surface area (Å²) in [5.41, 5.74) is 2.75. The van der Waals surface area contributed by atoms with E-state index in [9.17, 15) is 4.79 Å². The molecule has 0 saturated heterocycles. The van der Waals surface area contributed by atoms with Crippen molar-refractivity contribution in [1.82, 2.24) is 5.32 Å². The summed E-state index contributed by atoms with van der Waals surface area (Å²) in [7, 11) is 0. The third-order valence-electron chi connectivity index (χ3n) is 3.89. The lowest BCUT2D eigenvalue weighted by Gasteiger charge is -2.14. The first-order valence-corrected chi connectivity index (χ1v) is 8.27. The molecule has 4 heteroatoms. The molecule has 1 aliphatic rings. The van der Waals surface area contributed by atoms with Gasteiger partial charge >= 0.3 is 0 Å². The van der Waals surface area contributed by atoms with E-state index < -0.39 is 0 Å². The quantitative estimate of drug-likeness (QED) is 0.755. The Kier molecular flexibility index (Phi) is 5.85. The van der Waals surface area contributed by atoms with Crippen LogP contribution < -0.4 is 10.1 Å². The molecule has 1 aromatic rings. The molecule has 0 bridgehead atoms. The standard InChI is InChI=1S/C17H22BrNO2/c1-3-9-21-16-11-14-12(7-8-19-17(20)4-2)5-6-13(14)10-15(16)18/h3,10-12H,1,4-9H2,2H3,(H,19,20)/t12-/m0/s1. The summed E-state index contributed by atoms with van der Waals surface area (Å²) in [5, 5.41) is 2.96. The fraction of sp³-hybridized carbons (Fsp3) is 0.471. The molecule has 1 aliphatic carbocycles. The second-order valence-corrected chi connectivity index (χ2v) is 6.16. The predicted octanol–water partition coefficient (Wildman–Crippen LogP) is 3.96. The Balaban J connectivity index is 2.03. The Morgan fingerprint density at radius 3 is 3.10 bits per heavy atom. The summed E-state index contributed by atoms with van der Waals surface area (Å²) in [6, 6.07) is 4.31. The topological polar surface area (TPSA) is 38.3 Å². The van der Waals surface area contributed by atoms with Gasteiger partial charge in [0.1, 0.15) is 12.4 Å². The number of carbonyl (C=O) groups is 1. The maximum Gasteiger partial charge on any atom is 0.219 e. The molecule has 0 radical (unpaired) electrons. The molecule has 21 heavy (non-hydrogen) atoms. The highest BCUT2D eigenvalue weighted by molar-refractivity contribution is 9.10. The zero-order chi connectivity index (χ0) is 15.2. The number of ether oxygens (including phenoxy) is 1. The molecule has 0 spiro atoms. The minimum Gasteiger partial charge on any atom is -0.488 e. The van der Waals surface area contributed by atoms with Crippen LogP contribution in [-0.4, -0.2) is 19.1 Å². The third-order valence-corrected chi connectivity index (χ3v) is 4.51. The van der Waals surface area contributed by atoms with Gasteiger partial charge in [0, 0.05) is 13.0 Å². The summed E-state index contributed by atoms with van der Waals surface area (Å²) in [6.07, 6.45) is 5.53. The molecule has 1 atom stereocenters. The number of hydrogen-bond acceptors (Lipinski definition) is 2. The average molecular weight is 352 g/mol. The molecule has 0 fully saturated rings. The molecule has 1 aromatic carbocycles. The number of benzene rings is 1. The predicted molar refractivity (Wildman–Crippen MR) is 88.8 cm³/mol. The number of nitrogens with one attached hydrogen (secondary N) is 1. The maximum atomic E-state index is 11.3. The van der Waals surface area contributed by atoms with Crippen molar-refractivity contribution in [2.75, 3.05) is 13.2 Å². The zero-order valence-electron chi connectivity index (χ0n) is 12.5. The van der Waals surface area contributed by atoms with E-state index in [2.05, 4.69) is 40.0 Å².